The SMILES string of the molecule is O=C(Cn1ccc2ccccc2c1=O)N(Cc1ccccc1)C[C@H]1CCCO1. The topological polar surface area (TPSA) is 51.5 Å². The van der Waals surface area contributed by atoms with Crippen LogP contribution in [0, 0.1) is 0 Å². The standard InChI is InChI=1S/C23H24N2O3/c26-22(17-24-13-12-19-9-4-5-11-21(19)23(24)27)25(16-20-10-6-14-28-20)15-18-7-2-1-3-8-18/h1-5,7-9,11-13,20H,6,10,14-17H2/t20-/m1/s1. The lowest BCUT2D eigenvalue weighted by Gasteiger charge is -2.26. The van der Waals surface area contributed by atoms with Gasteiger partial charge in [0.1, 0.15) is 6.54 Å². The second-order valence-corrected chi connectivity index (χ2v) is 7.23. The van der Waals surface area contributed by atoms with E-state index in [1.807, 2.05) is 59.5 Å². The Kier molecular flexibility index (Phi) is 5.53. The summed E-state index contributed by atoms with van der Waals surface area (Å²) < 4.78 is 7.24. The minimum atomic E-state index is -0.136. The maximum Gasteiger partial charge on any atom is 0.258 e. The molecule has 1 aliphatic rings. The summed E-state index contributed by atoms with van der Waals surface area (Å²) in [4.78, 5) is 27.7. The van der Waals surface area contributed by atoms with E-state index in [0.717, 1.165) is 30.4 Å². The molecular formula is C23H24N2O3. The van der Waals surface area contributed by atoms with Gasteiger partial charge < -0.3 is 14.2 Å². The van der Waals surface area contributed by atoms with E-state index in [9.17, 15) is 9.59 Å². The molecule has 3 aromatic rings. The minimum absolute atomic E-state index is 0.0310. The van der Waals surface area contributed by atoms with Crippen LogP contribution in [-0.4, -0.2) is 34.6 Å². The second-order valence-electron chi connectivity index (χ2n) is 7.23. The first-order chi connectivity index (χ1) is 13.7. The fraction of sp³-hybridized carbons (Fsp3) is 0.304. The van der Waals surface area contributed by atoms with Gasteiger partial charge in [-0.05, 0) is 35.9 Å². The molecule has 1 fully saturated rings. The number of rotatable bonds is 6. The highest BCUT2D eigenvalue weighted by Crippen LogP contribution is 2.16. The molecule has 0 radical (unpaired) electrons. The summed E-state index contributed by atoms with van der Waals surface area (Å²) in [5.74, 6) is -0.0725. The zero-order chi connectivity index (χ0) is 19.3. The van der Waals surface area contributed by atoms with Crippen LogP contribution in [-0.2, 0) is 22.6 Å². The van der Waals surface area contributed by atoms with Gasteiger partial charge in [-0.2, -0.15) is 0 Å². The first-order valence-corrected chi connectivity index (χ1v) is 9.72. The van der Waals surface area contributed by atoms with Gasteiger partial charge in [-0.1, -0.05) is 48.5 Å². The molecule has 0 spiro atoms. The van der Waals surface area contributed by atoms with E-state index in [2.05, 4.69) is 0 Å². The van der Waals surface area contributed by atoms with Gasteiger partial charge in [0.05, 0.1) is 6.10 Å². The molecule has 28 heavy (non-hydrogen) atoms. The van der Waals surface area contributed by atoms with Gasteiger partial charge >= 0.3 is 0 Å². The molecule has 0 aliphatic carbocycles. The van der Waals surface area contributed by atoms with Crippen molar-refractivity contribution in [1.82, 2.24) is 9.47 Å². The molecule has 5 heteroatoms. The van der Waals surface area contributed by atoms with Crippen LogP contribution in [0.5, 0.6) is 0 Å². The summed E-state index contributed by atoms with van der Waals surface area (Å²) in [7, 11) is 0. The molecule has 0 saturated carbocycles. The Bertz CT molecular complexity index is 1010. The summed E-state index contributed by atoms with van der Waals surface area (Å²) in [6.07, 6.45) is 3.77. The van der Waals surface area contributed by atoms with E-state index in [1.54, 1.807) is 12.3 Å². The van der Waals surface area contributed by atoms with Gasteiger partial charge in [-0.15, -0.1) is 0 Å². The molecule has 1 saturated heterocycles. The monoisotopic (exact) mass is 376 g/mol. The highest BCUT2D eigenvalue weighted by atomic mass is 16.5. The number of fused-ring (bicyclic) bond motifs is 1. The van der Waals surface area contributed by atoms with Crippen molar-refractivity contribution in [3.05, 3.63) is 82.8 Å². The third-order valence-corrected chi connectivity index (χ3v) is 5.21. The normalized spacial score (nSPS) is 16.4. The molecule has 2 aromatic carbocycles. The van der Waals surface area contributed by atoms with Crippen molar-refractivity contribution in [1.29, 1.82) is 0 Å². The van der Waals surface area contributed by atoms with Crippen LogP contribution in [0.4, 0.5) is 0 Å². The lowest BCUT2D eigenvalue weighted by Crippen LogP contribution is -2.40. The van der Waals surface area contributed by atoms with E-state index < -0.39 is 0 Å². The molecule has 2 heterocycles. The lowest BCUT2D eigenvalue weighted by atomic mass is 10.1. The maximum atomic E-state index is 13.1. The van der Waals surface area contributed by atoms with E-state index in [0.29, 0.717) is 18.5 Å². The zero-order valence-electron chi connectivity index (χ0n) is 15.8. The fourth-order valence-corrected chi connectivity index (χ4v) is 3.69. The lowest BCUT2D eigenvalue weighted by molar-refractivity contribution is -0.134. The van der Waals surface area contributed by atoms with Gasteiger partial charge in [-0.25, -0.2) is 0 Å². The molecular weight excluding hydrogens is 352 g/mol. The van der Waals surface area contributed by atoms with Gasteiger partial charge in [0.25, 0.3) is 5.56 Å². The largest absolute Gasteiger partial charge is 0.376 e. The average molecular weight is 376 g/mol. The van der Waals surface area contributed by atoms with Crippen molar-refractivity contribution in [2.45, 2.75) is 32.0 Å². The minimum Gasteiger partial charge on any atom is -0.376 e. The first kappa shape index (κ1) is 18.4. The summed E-state index contributed by atoms with van der Waals surface area (Å²) in [6.45, 7) is 1.85. The smallest absolute Gasteiger partial charge is 0.258 e. The number of benzene rings is 2. The molecule has 0 unspecified atom stereocenters. The third-order valence-electron chi connectivity index (χ3n) is 5.21. The summed E-state index contributed by atoms with van der Waals surface area (Å²) in [5.41, 5.74) is 0.933. The molecule has 1 atom stereocenters. The summed E-state index contributed by atoms with van der Waals surface area (Å²) in [5, 5.41) is 1.52. The molecule has 4 rings (SSSR count). The van der Waals surface area contributed by atoms with Crippen molar-refractivity contribution in [2.75, 3.05) is 13.2 Å². The van der Waals surface area contributed by atoms with Gasteiger partial charge in [0.2, 0.25) is 5.91 Å². The molecule has 5 nitrogen and oxygen atoms in total. The first-order valence-electron chi connectivity index (χ1n) is 9.72. The van der Waals surface area contributed by atoms with Crippen LogP contribution in [0.1, 0.15) is 18.4 Å². The Hall–Kier alpha value is -2.92. The van der Waals surface area contributed by atoms with E-state index in [4.69, 9.17) is 4.74 Å². The van der Waals surface area contributed by atoms with Gasteiger partial charge in [0.15, 0.2) is 0 Å². The fourth-order valence-electron chi connectivity index (χ4n) is 3.69. The number of carbonyl (C=O) groups is 1. The third kappa shape index (κ3) is 4.15. The Morgan fingerprint density at radius 1 is 1.07 bits per heavy atom. The Morgan fingerprint density at radius 2 is 1.86 bits per heavy atom. The van der Waals surface area contributed by atoms with E-state index >= 15 is 0 Å². The number of hydrogen-bond acceptors (Lipinski definition) is 3. The van der Waals surface area contributed by atoms with Crippen LogP contribution in [0.3, 0.4) is 0 Å². The maximum absolute atomic E-state index is 13.1. The van der Waals surface area contributed by atoms with E-state index in [-0.39, 0.29) is 24.1 Å². The van der Waals surface area contributed by atoms with Crippen LogP contribution < -0.4 is 5.56 Å². The molecule has 0 bridgehead atoms. The molecule has 144 valence electrons. The van der Waals surface area contributed by atoms with Crippen molar-refractivity contribution in [2.24, 2.45) is 0 Å². The van der Waals surface area contributed by atoms with Crippen LogP contribution in [0.15, 0.2) is 71.7 Å². The number of aromatic nitrogens is 1. The molecule has 1 aliphatic heterocycles. The molecule has 0 N–H and O–H groups in total. The highest BCUT2D eigenvalue weighted by molar-refractivity contribution is 5.82. The summed E-state index contributed by atoms with van der Waals surface area (Å²) >= 11 is 0. The zero-order valence-corrected chi connectivity index (χ0v) is 15.8. The van der Waals surface area contributed by atoms with Gasteiger partial charge in [0, 0.05) is 31.3 Å². The quantitative estimate of drug-likeness (QED) is 0.664. The van der Waals surface area contributed by atoms with Crippen LogP contribution in [0.2, 0.25) is 0 Å². The summed E-state index contributed by atoms with van der Waals surface area (Å²) in [6, 6.07) is 19.3. The Morgan fingerprint density at radius 3 is 2.64 bits per heavy atom. The van der Waals surface area contributed by atoms with Crippen LogP contribution in [0.25, 0.3) is 10.8 Å². The van der Waals surface area contributed by atoms with Crippen molar-refractivity contribution in [3.8, 4) is 0 Å². The van der Waals surface area contributed by atoms with Gasteiger partial charge in [-0.3, -0.25) is 9.59 Å². The van der Waals surface area contributed by atoms with E-state index in [1.165, 1.54) is 4.57 Å². The number of amides is 1. The average Bonchev–Trinajstić information content (AvgIpc) is 3.24. The predicted octanol–water partition coefficient (Wildman–Crippen LogP) is 3.21. The predicted molar refractivity (Wildman–Crippen MR) is 109 cm³/mol. The number of carbonyl (C=O) groups excluding carboxylic acids is 1. The number of pyridine rings is 1. The molecule has 1 aromatic heterocycles. The molecule has 1 amide bonds. The highest BCUT2D eigenvalue weighted by Gasteiger charge is 2.23. The van der Waals surface area contributed by atoms with Crippen molar-refractivity contribution < 1.29 is 9.53 Å². The number of nitrogens with zero attached hydrogens (tertiary/aromatic N) is 2. The van der Waals surface area contributed by atoms with Crippen molar-refractivity contribution in [3.63, 3.8) is 0 Å². The number of hydrogen-bond donors (Lipinski definition) is 0. The number of ether oxygens (including phenoxy) is 1. The Labute approximate surface area is 164 Å². The van der Waals surface area contributed by atoms with Crippen molar-refractivity contribution >= 4 is 16.7 Å². The second kappa shape index (κ2) is 8.40. The Balaban J connectivity index is 1.56. The van der Waals surface area contributed by atoms with Crippen LogP contribution >= 0.6 is 0 Å².